The minimum Gasteiger partial charge on any atom is -0.477 e. The maximum atomic E-state index is 12.8. The first-order valence-corrected chi connectivity index (χ1v) is 19.4. The van der Waals surface area contributed by atoms with Crippen molar-refractivity contribution in [2.24, 2.45) is 4.99 Å². The van der Waals surface area contributed by atoms with Crippen LogP contribution in [0.5, 0.6) is 5.75 Å². The van der Waals surface area contributed by atoms with Gasteiger partial charge in [0.2, 0.25) is 0 Å². The predicted octanol–water partition coefficient (Wildman–Crippen LogP) is 7.17. The molecule has 3 aliphatic rings. The Morgan fingerprint density at radius 3 is 2.49 bits per heavy atom. The zero-order valence-corrected chi connectivity index (χ0v) is 31.1. The number of aliphatic imine (C=N–C) groups is 1. The third kappa shape index (κ3) is 8.92. The molecule has 1 atom stereocenters. The molecule has 9 nitrogen and oxygen atoms in total. The lowest BCUT2D eigenvalue weighted by molar-refractivity contribution is -0.106. The van der Waals surface area contributed by atoms with E-state index in [2.05, 4.69) is 51.7 Å². The van der Waals surface area contributed by atoms with Gasteiger partial charge in [0.05, 0.1) is 36.3 Å². The molecular formula is C35H49ClN6O3PS+. The molecule has 3 aliphatic heterocycles. The standard InChI is InChI=1S/C33H45ClN6O2PS.C2H4O/c1-7-29(37-30-10-8-9-11-32(30)43(5,6)41)28(34)20-35-24(3)36-25-18-23(2)33-31(19-25)42-22-27-21-39(16-17-40(27,33)44)26-12-14-38(4)15-13-26;1-2-3/h7-11,18-21,26,37,44H,12-17,22H2,1-6H3,(H,35,36);2H,1H3/q+1;/b28-20+,29-7-;. The van der Waals surface area contributed by atoms with Crippen LogP contribution >= 0.6 is 31.6 Å². The normalized spacial score (nSPS) is 21.0. The number of anilines is 2. The number of halogens is 1. The number of para-hydroxylation sites is 1. The van der Waals surface area contributed by atoms with E-state index in [1.807, 2.05) is 50.3 Å². The first-order chi connectivity index (χ1) is 22.3. The molecule has 0 spiro atoms. The van der Waals surface area contributed by atoms with Gasteiger partial charge in [-0.15, -0.1) is 0 Å². The zero-order valence-electron chi connectivity index (χ0n) is 28.6. The fourth-order valence-electron chi connectivity index (χ4n) is 6.25. The summed E-state index contributed by atoms with van der Waals surface area (Å²) in [6.45, 7) is 15.6. The van der Waals surface area contributed by atoms with Crippen LogP contribution in [0, 0.1) is 6.92 Å². The summed E-state index contributed by atoms with van der Waals surface area (Å²) >= 11 is 11.9. The first-order valence-electron chi connectivity index (χ1n) is 16.0. The molecule has 1 saturated heterocycles. The van der Waals surface area contributed by atoms with Crippen molar-refractivity contribution in [3.63, 3.8) is 0 Å². The van der Waals surface area contributed by atoms with Crippen molar-refractivity contribution in [2.75, 3.05) is 63.8 Å². The summed E-state index contributed by atoms with van der Waals surface area (Å²) in [5, 5.41) is 7.95. The van der Waals surface area contributed by atoms with E-state index in [1.54, 1.807) is 19.5 Å². The lowest BCUT2D eigenvalue weighted by Gasteiger charge is -2.46. The van der Waals surface area contributed by atoms with E-state index in [9.17, 15) is 4.57 Å². The quantitative estimate of drug-likeness (QED) is 0.0538. The van der Waals surface area contributed by atoms with Crippen molar-refractivity contribution in [3.05, 3.63) is 76.9 Å². The van der Waals surface area contributed by atoms with Gasteiger partial charge in [-0.3, -0.25) is 0 Å². The Kier molecular flexibility index (Phi) is 12.5. The molecule has 12 heteroatoms. The van der Waals surface area contributed by atoms with Gasteiger partial charge in [-0.25, -0.2) is 4.99 Å². The molecule has 0 aromatic heterocycles. The Balaban J connectivity index is 0.00000160. The highest BCUT2D eigenvalue weighted by molar-refractivity contribution is 7.80. The third-order valence-corrected chi connectivity index (χ3v) is 11.1. The summed E-state index contributed by atoms with van der Waals surface area (Å²) in [4.78, 5) is 18.3. The van der Waals surface area contributed by atoms with Crippen LogP contribution < -0.4 is 24.6 Å². The maximum Gasteiger partial charge on any atom is 0.194 e. The van der Waals surface area contributed by atoms with Gasteiger partial charge in [-0.2, -0.15) is 3.89 Å². The number of hydrogen-bond donors (Lipinski definition) is 3. The number of thiol groups is 1. The lowest BCUT2D eigenvalue weighted by atomic mass is 10.0. The summed E-state index contributed by atoms with van der Waals surface area (Å²) in [6.07, 6.45) is 8.94. The number of allylic oxidation sites excluding steroid dienone is 2. The van der Waals surface area contributed by atoms with E-state index in [1.165, 1.54) is 25.5 Å². The number of benzene rings is 2. The van der Waals surface area contributed by atoms with Crippen molar-refractivity contribution < 1.29 is 14.1 Å². The zero-order chi connectivity index (χ0) is 34.4. The second-order valence-electron chi connectivity index (χ2n) is 12.6. The Hall–Kier alpha value is -3.01. The molecule has 47 heavy (non-hydrogen) atoms. The molecule has 2 N–H and O–H groups in total. The maximum absolute atomic E-state index is 12.8. The topological polar surface area (TPSA) is 86.3 Å². The molecule has 1 unspecified atom stereocenters. The van der Waals surface area contributed by atoms with Gasteiger partial charge in [0.25, 0.3) is 0 Å². The molecule has 2 aromatic carbocycles. The summed E-state index contributed by atoms with van der Waals surface area (Å²) < 4.78 is 19.6. The van der Waals surface area contributed by atoms with Gasteiger partial charge in [-0.05, 0) is 92.2 Å². The van der Waals surface area contributed by atoms with Gasteiger partial charge >= 0.3 is 0 Å². The summed E-state index contributed by atoms with van der Waals surface area (Å²) in [5.74, 6) is 1.53. The van der Waals surface area contributed by atoms with E-state index in [0.29, 0.717) is 33.1 Å². The van der Waals surface area contributed by atoms with Crippen molar-refractivity contribution in [3.8, 4) is 5.75 Å². The number of fused-ring (bicyclic) bond motifs is 3. The average Bonchev–Trinajstić information content (AvgIpc) is 3.02. The minimum atomic E-state index is -2.47. The van der Waals surface area contributed by atoms with E-state index in [0.717, 1.165) is 66.1 Å². The molecule has 2 aromatic rings. The summed E-state index contributed by atoms with van der Waals surface area (Å²) in [7, 11) is -0.267. The first kappa shape index (κ1) is 36.8. The molecule has 0 aliphatic carbocycles. The summed E-state index contributed by atoms with van der Waals surface area (Å²) in [6, 6.07) is 12.3. The molecule has 254 valence electrons. The van der Waals surface area contributed by atoms with Crippen molar-refractivity contribution in [2.45, 2.75) is 46.6 Å². The van der Waals surface area contributed by atoms with Gasteiger partial charge < -0.3 is 34.5 Å². The Labute approximate surface area is 290 Å². The molecule has 0 bridgehead atoms. The summed E-state index contributed by atoms with van der Waals surface area (Å²) in [5.41, 5.74) is 5.75. The Morgan fingerprint density at radius 1 is 1.15 bits per heavy atom. The number of rotatable bonds is 7. The fourth-order valence-corrected chi connectivity index (χ4v) is 8.07. The van der Waals surface area contributed by atoms with Crippen LogP contribution in [0.4, 0.5) is 17.1 Å². The second-order valence-corrected chi connectivity index (χ2v) is 16.8. The largest absolute Gasteiger partial charge is 0.477 e. The number of carbonyl (C=O) groups is 1. The number of piperidine rings is 1. The SMILES string of the molecule is C/C=C(Nc1ccccc1P(C)(C)=O)/C(Cl)=C\N=C(C)Nc1cc(C)c2c(c1)OCC1=CN(C3CCN(C)CC3)CC[N+]12S.CC=O. The highest BCUT2D eigenvalue weighted by Gasteiger charge is 2.45. The van der Waals surface area contributed by atoms with Crippen LogP contribution in [0.1, 0.15) is 39.2 Å². The van der Waals surface area contributed by atoms with Crippen molar-refractivity contribution in [1.29, 1.82) is 0 Å². The van der Waals surface area contributed by atoms with Crippen LogP contribution in [0.3, 0.4) is 0 Å². The Morgan fingerprint density at radius 2 is 1.83 bits per heavy atom. The number of carbonyl (C=O) groups excluding carboxylic acids is 1. The number of hydrogen-bond acceptors (Lipinski definition) is 8. The monoisotopic (exact) mass is 699 g/mol. The number of amidine groups is 1. The predicted molar refractivity (Wildman–Crippen MR) is 203 cm³/mol. The van der Waals surface area contributed by atoms with Gasteiger partial charge in [0.1, 0.15) is 25.8 Å². The van der Waals surface area contributed by atoms with E-state index < -0.39 is 7.14 Å². The second kappa shape index (κ2) is 15.9. The number of aldehydes is 1. The van der Waals surface area contributed by atoms with Crippen LogP contribution in [-0.2, 0) is 9.36 Å². The molecule has 3 heterocycles. The van der Waals surface area contributed by atoms with E-state index in [-0.39, 0.29) is 0 Å². The Bertz CT molecular complexity index is 1630. The molecule has 0 amide bonds. The number of aryl methyl sites for hydroxylation is 1. The fraction of sp³-hybridized carbons (Fsp3) is 0.429. The smallest absolute Gasteiger partial charge is 0.194 e. The van der Waals surface area contributed by atoms with Crippen molar-refractivity contribution in [1.82, 2.24) is 13.7 Å². The number of quaternary nitrogens is 1. The lowest BCUT2D eigenvalue weighted by Crippen LogP contribution is -2.54. The van der Waals surface area contributed by atoms with Gasteiger partial charge in [0.15, 0.2) is 23.7 Å². The van der Waals surface area contributed by atoms with Crippen molar-refractivity contribution >= 4 is 66.0 Å². The van der Waals surface area contributed by atoms with Crippen LogP contribution in [0.2, 0.25) is 0 Å². The number of nitrogens with zero attached hydrogens (tertiary/aromatic N) is 4. The molecule has 0 radical (unpaired) electrons. The van der Waals surface area contributed by atoms with E-state index in [4.69, 9.17) is 33.9 Å². The van der Waals surface area contributed by atoms with Crippen LogP contribution in [-0.4, -0.2) is 81.1 Å². The molecule has 5 rings (SSSR count). The number of nitrogens with one attached hydrogen (secondary N) is 2. The van der Waals surface area contributed by atoms with Gasteiger partial charge in [-0.1, -0.05) is 29.8 Å². The highest BCUT2D eigenvalue weighted by atomic mass is 35.5. The molecular weight excluding hydrogens is 651 g/mol. The molecule has 1 fully saturated rings. The minimum absolute atomic E-state index is 0.440. The number of ether oxygens (including phenoxy) is 1. The third-order valence-electron chi connectivity index (χ3n) is 8.64. The average molecular weight is 700 g/mol. The van der Waals surface area contributed by atoms with Crippen LogP contribution in [0.25, 0.3) is 0 Å². The molecule has 0 saturated carbocycles. The van der Waals surface area contributed by atoms with Crippen LogP contribution in [0.15, 0.2) is 76.3 Å². The van der Waals surface area contributed by atoms with Gasteiger partial charge in [0, 0.05) is 40.6 Å². The highest BCUT2D eigenvalue weighted by Crippen LogP contribution is 2.48. The number of likely N-dealkylation sites (tertiary alicyclic amines) is 1. The van der Waals surface area contributed by atoms with E-state index >= 15 is 0 Å².